The molecule has 0 radical (unpaired) electrons. The number of methoxy groups -OCH3 is 2. The molecule has 0 spiro atoms. The van der Waals surface area contributed by atoms with Gasteiger partial charge in [0.25, 0.3) is 0 Å². The first kappa shape index (κ1) is 26.0. The summed E-state index contributed by atoms with van der Waals surface area (Å²) in [5.74, 6) is 2.55. The maximum Gasteiger partial charge on any atom is 0.191 e. The van der Waals surface area contributed by atoms with E-state index in [0.717, 1.165) is 42.4 Å². The number of rotatable bonds is 11. The Bertz CT molecular complexity index is 767. The van der Waals surface area contributed by atoms with Crippen molar-refractivity contribution in [1.82, 2.24) is 10.6 Å². The Morgan fingerprint density at radius 1 is 1.00 bits per heavy atom. The number of nitrogens with one attached hydrogen (secondary N) is 2. The standard InChI is InChI=1S/C23H33N3O3.HI/c1-18-7-10-20(22(16-18)29-15-14-27-3)17-26-23(24-2)25-13-5-6-19-8-11-21(28-4)12-9-19;/h7-12,16H,5-6,13-15,17H2,1-4H3,(H2,24,25,26);1H. The highest BCUT2D eigenvalue weighted by Gasteiger charge is 2.06. The molecule has 0 aliphatic rings. The Morgan fingerprint density at radius 2 is 1.77 bits per heavy atom. The van der Waals surface area contributed by atoms with Crippen molar-refractivity contribution in [2.45, 2.75) is 26.3 Å². The molecule has 2 aromatic carbocycles. The Labute approximate surface area is 197 Å². The van der Waals surface area contributed by atoms with Crippen LogP contribution in [0.5, 0.6) is 11.5 Å². The Balaban J connectivity index is 0.00000450. The molecule has 0 fully saturated rings. The van der Waals surface area contributed by atoms with Crippen molar-refractivity contribution >= 4 is 29.9 Å². The first-order valence-electron chi connectivity index (χ1n) is 9.95. The van der Waals surface area contributed by atoms with Gasteiger partial charge in [-0.2, -0.15) is 0 Å². The molecule has 7 heteroatoms. The first-order chi connectivity index (χ1) is 14.2. The van der Waals surface area contributed by atoms with Crippen LogP contribution in [-0.4, -0.2) is 47.0 Å². The van der Waals surface area contributed by atoms with Gasteiger partial charge in [-0.1, -0.05) is 24.3 Å². The van der Waals surface area contributed by atoms with Crippen molar-refractivity contribution in [3.8, 4) is 11.5 Å². The molecule has 0 atom stereocenters. The molecule has 0 aromatic heterocycles. The number of aliphatic imine (C=N–C) groups is 1. The lowest BCUT2D eigenvalue weighted by Crippen LogP contribution is -2.37. The minimum Gasteiger partial charge on any atom is -0.497 e. The van der Waals surface area contributed by atoms with E-state index in [-0.39, 0.29) is 24.0 Å². The van der Waals surface area contributed by atoms with Gasteiger partial charge in [-0.3, -0.25) is 4.99 Å². The van der Waals surface area contributed by atoms with Crippen molar-refractivity contribution in [1.29, 1.82) is 0 Å². The summed E-state index contributed by atoms with van der Waals surface area (Å²) in [6.07, 6.45) is 2.02. The minimum absolute atomic E-state index is 0. The molecule has 166 valence electrons. The van der Waals surface area contributed by atoms with Crippen LogP contribution in [0.25, 0.3) is 0 Å². The number of nitrogens with zero attached hydrogens (tertiary/aromatic N) is 1. The molecule has 0 saturated carbocycles. The number of benzene rings is 2. The summed E-state index contributed by atoms with van der Waals surface area (Å²) in [6, 6.07) is 14.4. The second-order valence-electron chi connectivity index (χ2n) is 6.76. The number of ether oxygens (including phenoxy) is 3. The van der Waals surface area contributed by atoms with Gasteiger partial charge in [0, 0.05) is 32.8 Å². The molecule has 6 nitrogen and oxygen atoms in total. The molecular formula is C23H34IN3O3. The van der Waals surface area contributed by atoms with Crippen molar-refractivity contribution in [3.05, 3.63) is 59.2 Å². The molecule has 0 saturated heterocycles. The van der Waals surface area contributed by atoms with Crippen LogP contribution in [0, 0.1) is 6.92 Å². The third kappa shape index (κ3) is 9.21. The van der Waals surface area contributed by atoms with Gasteiger partial charge in [-0.05, 0) is 49.1 Å². The fourth-order valence-electron chi connectivity index (χ4n) is 2.87. The lowest BCUT2D eigenvalue weighted by atomic mass is 10.1. The molecule has 0 unspecified atom stereocenters. The van der Waals surface area contributed by atoms with E-state index in [4.69, 9.17) is 14.2 Å². The van der Waals surface area contributed by atoms with Crippen LogP contribution >= 0.6 is 24.0 Å². The minimum atomic E-state index is 0. The van der Waals surface area contributed by atoms with Crippen LogP contribution < -0.4 is 20.1 Å². The predicted molar refractivity (Wildman–Crippen MR) is 133 cm³/mol. The largest absolute Gasteiger partial charge is 0.497 e. The second-order valence-corrected chi connectivity index (χ2v) is 6.76. The molecule has 2 N–H and O–H groups in total. The molecule has 2 rings (SSSR count). The lowest BCUT2D eigenvalue weighted by molar-refractivity contribution is 0.145. The molecule has 30 heavy (non-hydrogen) atoms. The highest BCUT2D eigenvalue weighted by Crippen LogP contribution is 2.20. The fraction of sp³-hybridized carbons (Fsp3) is 0.435. The predicted octanol–water partition coefficient (Wildman–Crippen LogP) is 3.94. The highest BCUT2D eigenvalue weighted by atomic mass is 127. The summed E-state index contributed by atoms with van der Waals surface area (Å²) in [5.41, 5.74) is 3.56. The third-order valence-electron chi connectivity index (χ3n) is 4.53. The fourth-order valence-corrected chi connectivity index (χ4v) is 2.87. The van der Waals surface area contributed by atoms with E-state index in [0.29, 0.717) is 19.8 Å². The smallest absolute Gasteiger partial charge is 0.191 e. The van der Waals surface area contributed by atoms with Gasteiger partial charge < -0.3 is 24.8 Å². The van der Waals surface area contributed by atoms with Crippen LogP contribution in [0.15, 0.2) is 47.5 Å². The number of hydrogen-bond acceptors (Lipinski definition) is 4. The maximum absolute atomic E-state index is 5.85. The Kier molecular flexibility index (Phi) is 12.9. The second kappa shape index (κ2) is 14.9. The number of hydrogen-bond donors (Lipinski definition) is 2. The van der Waals surface area contributed by atoms with E-state index in [9.17, 15) is 0 Å². The van der Waals surface area contributed by atoms with Gasteiger partial charge in [-0.15, -0.1) is 24.0 Å². The summed E-state index contributed by atoms with van der Waals surface area (Å²) < 4.78 is 16.1. The topological polar surface area (TPSA) is 64.1 Å². The summed E-state index contributed by atoms with van der Waals surface area (Å²) >= 11 is 0. The molecule has 0 bridgehead atoms. The summed E-state index contributed by atoms with van der Waals surface area (Å²) in [5, 5.41) is 6.73. The van der Waals surface area contributed by atoms with Gasteiger partial charge >= 0.3 is 0 Å². The zero-order valence-electron chi connectivity index (χ0n) is 18.4. The van der Waals surface area contributed by atoms with Crippen LogP contribution in [0.2, 0.25) is 0 Å². The van der Waals surface area contributed by atoms with Crippen molar-refractivity contribution < 1.29 is 14.2 Å². The third-order valence-corrected chi connectivity index (χ3v) is 4.53. The quantitative estimate of drug-likeness (QED) is 0.201. The molecule has 0 aliphatic heterocycles. The summed E-state index contributed by atoms with van der Waals surface area (Å²) in [6.45, 7) is 4.64. The van der Waals surface area contributed by atoms with Crippen molar-refractivity contribution in [2.24, 2.45) is 4.99 Å². The van der Waals surface area contributed by atoms with E-state index < -0.39 is 0 Å². The molecular weight excluding hydrogens is 493 g/mol. The van der Waals surface area contributed by atoms with E-state index >= 15 is 0 Å². The normalized spacial score (nSPS) is 10.9. The average molecular weight is 527 g/mol. The van der Waals surface area contributed by atoms with Crippen LogP contribution in [-0.2, 0) is 17.7 Å². The van der Waals surface area contributed by atoms with Gasteiger partial charge in [0.15, 0.2) is 5.96 Å². The molecule has 0 aliphatic carbocycles. The van der Waals surface area contributed by atoms with E-state index in [2.05, 4.69) is 52.9 Å². The molecule has 0 heterocycles. The number of aryl methyl sites for hydroxylation is 2. The van der Waals surface area contributed by atoms with Gasteiger partial charge in [-0.25, -0.2) is 0 Å². The van der Waals surface area contributed by atoms with E-state index in [1.165, 1.54) is 11.1 Å². The molecule has 2 aromatic rings. The average Bonchev–Trinajstić information content (AvgIpc) is 2.75. The van der Waals surface area contributed by atoms with Crippen LogP contribution in [0.1, 0.15) is 23.1 Å². The first-order valence-corrected chi connectivity index (χ1v) is 9.95. The Morgan fingerprint density at radius 3 is 2.43 bits per heavy atom. The van der Waals surface area contributed by atoms with Gasteiger partial charge in [0.2, 0.25) is 0 Å². The lowest BCUT2D eigenvalue weighted by Gasteiger charge is -2.15. The van der Waals surface area contributed by atoms with Crippen molar-refractivity contribution in [3.63, 3.8) is 0 Å². The van der Waals surface area contributed by atoms with Gasteiger partial charge in [0.05, 0.1) is 13.7 Å². The summed E-state index contributed by atoms with van der Waals surface area (Å²) in [7, 11) is 5.14. The zero-order chi connectivity index (χ0) is 20.9. The SMILES string of the molecule is CN=C(NCCCc1ccc(OC)cc1)NCc1ccc(C)cc1OCCOC.I. The maximum atomic E-state index is 5.85. The zero-order valence-corrected chi connectivity index (χ0v) is 20.7. The van der Waals surface area contributed by atoms with E-state index in [1.807, 2.05) is 12.1 Å². The van der Waals surface area contributed by atoms with E-state index in [1.54, 1.807) is 21.3 Å². The number of halogens is 1. The summed E-state index contributed by atoms with van der Waals surface area (Å²) in [4.78, 5) is 4.31. The van der Waals surface area contributed by atoms with Crippen LogP contribution in [0.3, 0.4) is 0 Å². The highest BCUT2D eigenvalue weighted by molar-refractivity contribution is 14.0. The van der Waals surface area contributed by atoms with Crippen molar-refractivity contribution in [2.75, 3.05) is 41.0 Å². The van der Waals surface area contributed by atoms with Gasteiger partial charge in [0.1, 0.15) is 18.1 Å². The van der Waals surface area contributed by atoms with Crippen LogP contribution in [0.4, 0.5) is 0 Å². The number of guanidine groups is 1. The molecule has 0 amide bonds. The Hall–Kier alpha value is -2.00. The monoisotopic (exact) mass is 527 g/mol.